The average molecular weight is 359 g/mol. The molecule has 2 aromatic rings. The molecule has 4 nitrogen and oxygen atoms in total. The molecule has 0 heterocycles. The van der Waals surface area contributed by atoms with Gasteiger partial charge in [-0.05, 0) is 67.5 Å². The first kappa shape index (κ1) is 18.2. The minimum Gasteiger partial charge on any atom is -0.331 e. The van der Waals surface area contributed by atoms with Crippen molar-refractivity contribution in [3.8, 4) is 0 Å². The second kappa shape index (κ2) is 8.61. The van der Waals surface area contributed by atoms with Crippen molar-refractivity contribution in [2.45, 2.75) is 27.2 Å². The van der Waals surface area contributed by atoms with Crippen LogP contribution in [0.5, 0.6) is 0 Å². The maximum atomic E-state index is 5.31. The summed E-state index contributed by atoms with van der Waals surface area (Å²) in [6.45, 7) is 6.19. The molecule has 0 aliphatic heterocycles. The van der Waals surface area contributed by atoms with Crippen LogP contribution in [0.1, 0.15) is 23.6 Å². The Balaban J connectivity index is 1.88. The van der Waals surface area contributed by atoms with Gasteiger partial charge in [0.2, 0.25) is 0 Å². The topological polar surface area (TPSA) is 48.1 Å². The van der Waals surface area contributed by atoms with E-state index >= 15 is 0 Å². The van der Waals surface area contributed by atoms with Crippen molar-refractivity contribution >= 4 is 46.0 Å². The lowest BCUT2D eigenvalue weighted by Crippen LogP contribution is -2.45. The van der Waals surface area contributed by atoms with Crippen LogP contribution in [0.2, 0.25) is 0 Å². The van der Waals surface area contributed by atoms with Gasteiger partial charge in [0, 0.05) is 11.4 Å². The molecule has 126 valence electrons. The van der Waals surface area contributed by atoms with Crippen LogP contribution in [0.4, 0.5) is 11.4 Å². The van der Waals surface area contributed by atoms with Crippen molar-refractivity contribution in [1.29, 1.82) is 0 Å². The Kier molecular flexibility index (Phi) is 6.52. The van der Waals surface area contributed by atoms with Gasteiger partial charge in [-0.1, -0.05) is 43.3 Å². The van der Waals surface area contributed by atoms with E-state index in [1.54, 1.807) is 0 Å². The van der Waals surface area contributed by atoms with E-state index in [1.807, 2.05) is 50.2 Å². The summed E-state index contributed by atoms with van der Waals surface area (Å²) < 4.78 is 0. The van der Waals surface area contributed by atoms with Crippen LogP contribution in [0.25, 0.3) is 0 Å². The van der Waals surface area contributed by atoms with Crippen LogP contribution >= 0.6 is 24.4 Å². The fourth-order valence-corrected chi connectivity index (χ4v) is 2.69. The highest BCUT2D eigenvalue weighted by molar-refractivity contribution is 7.81. The number of anilines is 2. The minimum atomic E-state index is 0.459. The van der Waals surface area contributed by atoms with Crippen LogP contribution in [-0.4, -0.2) is 10.2 Å². The van der Waals surface area contributed by atoms with Crippen LogP contribution in [-0.2, 0) is 6.42 Å². The SMILES string of the molecule is CCc1ccccc1NC(=S)NNC(=S)Nc1c(C)cccc1C. The van der Waals surface area contributed by atoms with Gasteiger partial charge < -0.3 is 10.6 Å². The molecule has 0 aliphatic carbocycles. The summed E-state index contributed by atoms with van der Waals surface area (Å²) in [6, 6.07) is 14.2. The lowest BCUT2D eigenvalue weighted by atomic mass is 10.1. The van der Waals surface area contributed by atoms with Crippen molar-refractivity contribution in [2.24, 2.45) is 0 Å². The highest BCUT2D eigenvalue weighted by Gasteiger charge is 2.05. The molecule has 0 unspecified atom stereocenters. The van der Waals surface area contributed by atoms with Crippen LogP contribution in [0.15, 0.2) is 42.5 Å². The Morgan fingerprint density at radius 1 is 0.833 bits per heavy atom. The second-order valence-corrected chi connectivity index (χ2v) is 6.25. The Labute approximate surface area is 154 Å². The van der Waals surface area contributed by atoms with Gasteiger partial charge in [0.05, 0.1) is 0 Å². The number of hydrazine groups is 1. The molecule has 0 spiro atoms. The van der Waals surface area contributed by atoms with Crippen LogP contribution < -0.4 is 21.5 Å². The van der Waals surface area contributed by atoms with Crippen molar-refractivity contribution in [1.82, 2.24) is 10.9 Å². The molecule has 24 heavy (non-hydrogen) atoms. The third-order valence-corrected chi connectivity index (χ3v) is 4.06. The minimum absolute atomic E-state index is 0.459. The molecular formula is C18H22N4S2. The zero-order chi connectivity index (χ0) is 17.5. The first-order valence-electron chi connectivity index (χ1n) is 7.79. The van der Waals surface area contributed by atoms with Gasteiger partial charge in [0.15, 0.2) is 10.2 Å². The number of para-hydroxylation sites is 2. The van der Waals surface area contributed by atoms with Crippen molar-refractivity contribution in [3.05, 3.63) is 59.2 Å². The maximum absolute atomic E-state index is 5.31. The average Bonchev–Trinajstić information content (AvgIpc) is 2.57. The third-order valence-electron chi connectivity index (χ3n) is 3.66. The molecule has 2 aromatic carbocycles. The molecule has 0 fully saturated rings. The van der Waals surface area contributed by atoms with Gasteiger partial charge in [-0.2, -0.15) is 0 Å². The molecule has 6 heteroatoms. The molecule has 0 bridgehead atoms. The van der Waals surface area contributed by atoms with E-state index < -0.39 is 0 Å². The molecule has 0 radical (unpaired) electrons. The van der Waals surface area contributed by atoms with E-state index in [1.165, 1.54) is 5.56 Å². The summed E-state index contributed by atoms with van der Waals surface area (Å²) in [7, 11) is 0. The van der Waals surface area contributed by atoms with Gasteiger partial charge in [0.25, 0.3) is 0 Å². The molecule has 4 N–H and O–H groups in total. The summed E-state index contributed by atoms with van der Waals surface area (Å²) in [5.74, 6) is 0. The Bertz CT molecular complexity index is 723. The number of aryl methyl sites for hydroxylation is 3. The first-order valence-corrected chi connectivity index (χ1v) is 8.61. The van der Waals surface area contributed by atoms with E-state index in [-0.39, 0.29) is 0 Å². The van der Waals surface area contributed by atoms with Crippen molar-refractivity contribution in [3.63, 3.8) is 0 Å². The molecule has 0 aliphatic rings. The number of nitrogens with one attached hydrogen (secondary N) is 4. The van der Waals surface area contributed by atoms with E-state index in [2.05, 4.69) is 34.5 Å². The number of hydrogen-bond donors (Lipinski definition) is 4. The summed E-state index contributed by atoms with van der Waals surface area (Å²) in [4.78, 5) is 0. The van der Waals surface area contributed by atoms with E-state index in [4.69, 9.17) is 24.4 Å². The zero-order valence-corrected chi connectivity index (χ0v) is 15.7. The molecule has 0 aromatic heterocycles. The molecule has 0 atom stereocenters. The lowest BCUT2D eigenvalue weighted by Gasteiger charge is -2.17. The van der Waals surface area contributed by atoms with Gasteiger partial charge >= 0.3 is 0 Å². The lowest BCUT2D eigenvalue weighted by molar-refractivity contribution is 0.884. The van der Waals surface area contributed by atoms with Crippen LogP contribution in [0.3, 0.4) is 0 Å². The third kappa shape index (κ3) is 4.91. The smallest absolute Gasteiger partial charge is 0.189 e. The summed E-state index contributed by atoms with van der Waals surface area (Å²) >= 11 is 10.6. The highest BCUT2D eigenvalue weighted by atomic mass is 32.1. The van der Waals surface area contributed by atoms with Crippen molar-refractivity contribution < 1.29 is 0 Å². The van der Waals surface area contributed by atoms with Crippen molar-refractivity contribution in [2.75, 3.05) is 10.6 Å². The number of thiocarbonyl (C=S) groups is 2. The van der Waals surface area contributed by atoms with E-state index in [0.29, 0.717) is 10.2 Å². The molecule has 2 rings (SSSR count). The van der Waals surface area contributed by atoms with Gasteiger partial charge in [-0.15, -0.1) is 0 Å². The Morgan fingerprint density at radius 3 is 2.04 bits per heavy atom. The molecule has 0 saturated carbocycles. The molecule has 0 saturated heterocycles. The number of rotatable bonds is 3. The van der Waals surface area contributed by atoms with Gasteiger partial charge in [0.1, 0.15) is 0 Å². The normalized spacial score (nSPS) is 9.96. The maximum Gasteiger partial charge on any atom is 0.189 e. The highest BCUT2D eigenvalue weighted by Crippen LogP contribution is 2.19. The first-order chi connectivity index (χ1) is 11.5. The van der Waals surface area contributed by atoms with Crippen LogP contribution in [0, 0.1) is 13.8 Å². The standard InChI is InChI=1S/C18H22N4S2/c1-4-14-10-5-6-11-15(14)19-17(23)21-22-18(24)20-16-12(2)8-7-9-13(16)3/h5-11H,4H2,1-3H3,(H2,19,21,23)(H2,20,22,24). The fourth-order valence-electron chi connectivity index (χ4n) is 2.37. The molecular weight excluding hydrogens is 336 g/mol. The Hall–Kier alpha value is -2.18. The van der Waals surface area contributed by atoms with E-state index in [9.17, 15) is 0 Å². The number of hydrogen-bond acceptors (Lipinski definition) is 2. The quantitative estimate of drug-likeness (QED) is 0.490. The summed E-state index contributed by atoms with van der Waals surface area (Å²) in [5.41, 5.74) is 11.3. The zero-order valence-electron chi connectivity index (χ0n) is 14.1. The summed E-state index contributed by atoms with van der Waals surface area (Å²) in [5, 5.41) is 7.28. The predicted octanol–water partition coefficient (Wildman–Crippen LogP) is 4.05. The predicted molar refractivity (Wildman–Crippen MR) is 110 cm³/mol. The monoisotopic (exact) mass is 358 g/mol. The largest absolute Gasteiger partial charge is 0.331 e. The second-order valence-electron chi connectivity index (χ2n) is 5.44. The fraction of sp³-hybridized carbons (Fsp3) is 0.222. The van der Waals surface area contributed by atoms with Gasteiger partial charge in [-0.25, -0.2) is 0 Å². The van der Waals surface area contributed by atoms with E-state index in [0.717, 1.165) is 28.9 Å². The Morgan fingerprint density at radius 2 is 1.42 bits per heavy atom. The number of benzene rings is 2. The molecule has 0 amide bonds. The van der Waals surface area contributed by atoms with Gasteiger partial charge in [-0.3, -0.25) is 10.9 Å². The summed E-state index contributed by atoms with van der Waals surface area (Å²) in [6.07, 6.45) is 0.936.